The lowest BCUT2D eigenvalue weighted by Gasteiger charge is -2.22. The summed E-state index contributed by atoms with van der Waals surface area (Å²) in [4.78, 5) is 6.66. The molecule has 0 amide bonds. The molecule has 2 N–H and O–H groups in total. The van der Waals surface area contributed by atoms with Gasteiger partial charge in [-0.15, -0.1) is 11.3 Å². The molecule has 0 fully saturated rings. The molecule has 0 aliphatic carbocycles. The number of nitrogens with zero attached hydrogens (tertiary/aromatic N) is 3. The number of aliphatic hydroxyl groups is 1. The van der Waals surface area contributed by atoms with Gasteiger partial charge in [0.15, 0.2) is 10.8 Å². The number of aromatic nitrogens is 2. The Labute approximate surface area is 126 Å². The Morgan fingerprint density at radius 1 is 1.48 bits per heavy atom. The molecule has 0 saturated heterocycles. The van der Waals surface area contributed by atoms with E-state index in [9.17, 15) is 8.78 Å². The van der Waals surface area contributed by atoms with Gasteiger partial charge in [-0.25, -0.2) is 13.8 Å². The lowest BCUT2D eigenvalue weighted by Crippen LogP contribution is -2.33. The first kappa shape index (κ1) is 16.1. The van der Waals surface area contributed by atoms with Gasteiger partial charge in [-0.1, -0.05) is 13.8 Å². The fourth-order valence-corrected chi connectivity index (χ4v) is 2.84. The SMILES string of the molecule is CC(C)NCc1c(N(CCO)CC(F)F)nc2sccn12. The van der Waals surface area contributed by atoms with E-state index in [1.807, 2.05) is 29.8 Å². The number of halogens is 2. The molecule has 0 aliphatic rings. The van der Waals surface area contributed by atoms with Crippen LogP contribution in [0.4, 0.5) is 14.6 Å². The van der Waals surface area contributed by atoms with E-state index in [0.717, 1.165) is 10.7 Å². The molecular weight excluding hydrogens is 298 g/mol. The fourth-order valence-electron chi connectivity index (χ4n) is 2.11. The number of hydrogen-bond donors (Lipinski definition) is 2. The number of imidazole rings is 1. The second-order valence-corrected chi connectivity index (χ2v) is 5.91. The first-order chi connectivity index (χ1) is 10.0. The van der Waals surface area contributed by atoms with Crippen LogP contribution in [0, 0.1) is 0 Å². The predicted molar refractivity (Wildman–Crippen MR) is 80.3 cm³/mol. The normalized spacial score (nSPS) is 12.0. The van der Waals surface area contributed by atoms with E-state index in [1.54, 1.807) is 0 Å². The Kier molecular flexibility index (Phi) is 5.49. The highest BCUT2D eigenvalue weighted by molar-refractivity contribution is 7.15. The van der Waals surface area contributed by atoms with E-state index in [-0.39, 0.29) is 19.2 Å². The van der Waals surface area contributed by atoms with E-state index >= 15 is 0 Å². The van der Waals surface area contributed by atoms with Gasteiger partial charge in [0, 0.05) is 30.7 Å². The van der Waals surface area contributed by atoms with Crippen LogP contribution in [0.1, 0.15) is 19.5 Å². The number of nitrogens with one attached hydrogen (secondary N) is 1. The van der Waals surface area contributed by atoms with Crippen LogP contribution in [-0.4, -0.2) is 46.7 Å². The molecule has 2 heterocycles. The summed E-state index contributed by atoms with van der Waals surface area (Å²) in [6.45, 7) is 4.11. The van der Waals surface area contributed by atoms with E-state index in [0.29, 0.717) is 12.4 Å². The molecule has 8 heteroatoms. The zero-order valence-electron chi connectivity index (χ0n) is 12.1. The Bertz CT molecular complexity index is 570. The highest BCUT2D eigenvalue weighted by atomic mass is 32.1. The first-order valence-corrected chi connectivity index (χ1v) is 7.72. The van der Waals surface area contributed by atoms with Crippen molar-refractivity contribution in [1.82, 2.24) is 14.7 Å². The molecule has 0 saturated carbocycles. The Morgan fingerprint density at radius 2 is 2.24 bits per heavy atom. The van der Waals surface area contributed by atoms with E-state index in [4.69, 9.17) is 5.11 Å². The molecule has 0 aliphatic heterocycles. The fraction of sp³-hybridized carbons (Fsp3) is 0.615. The zero-order valence-corrected chi connectivity index (χ0v) is 12.9. The van der Waals surface area contributed by atoms with Gasteiger partial charge in [0.05, 0.1) is 18.8 Å². The lowest BCUT2D eigenvalue weighted by atomic mass is 10.3. The highest BCUT2D eigenvalue weighted by Gasteiger charge is 2.21. The molecule has 2 aromatic rings. The van der Waals surface area contributed by atoms with Crippen LogP contribution < -0.4 is 10.2 Å². The van der Waals surface area contributed by atoms with Gasteiger partial charge in [-0.05, 0) is 0 Å². The molecular formula is C13H20F2N4OS. The van der Waals surface area contributed by atoms with Gasteiger partial charge >= 0.3 is 0 Å². The number of hydrogen-bond acceptors (Lipinski definition) is 5. The molecule has 5 nitrogen and oxygen atoms in total. The molecule has 0 atom stereocenters. The predicted octanol–water partition coefficient (Wildman–Crippen LogP) is 1.96. The number of aliphatic hydroxyl groups excluding tert-OH is 1. The average Bonchev–Trinajstić information content (AvgIpc) is 2.95. The summed E-state index contributed by atoms with van der Waals surface area (Å²) in [7, 11) is 0. The van der Waals surface area contributed by atoms with Crippen LogP contribution in [-0.2, 0) is 6.54 Å². The largest absolute Gasteiger partial charge is 0.395 e. The summed E-state index contributed by atoms with van der Waals surface area (Å²) < 4.78 is 27.4. The molecule has 0 aromatic carbocycles. The number of fused-ring (bicyclic) bond motifs is 1. The van der Waals surface area contributed by atoms with Gasteiger partial charge in [0.2, 0.25) is 0 Å². The summed E-state index contributed by atoms with van der Waals surface area (Å²) in [5.41, 5.74) is 0.842. The van der Waals surface area contributed by atoms with Gasteiger partial charge in [-0.2, -0.15) is 0 Å². The first-order valence-electron chi connectivity index (χ1n) is 6.84. The highest BCUT2D eigenvalue weighted by Crippen LogP contribution is 2.25. The topological polar surface area (TPSA) is 52.8 Å². The average molecular weight is 318 g/mol. The maximum atomic E-state index is 12.8. The summed E-state index contributed by atoms with van der Waals surface area (Å²) in [6, 6.07) is 0.281. The summed E-state index contributed by atoms with van der Waals surface area (Å²) >= 11 is 1.46. The van der Waals surface area contributed by atoms with Crippen molar-refractivity contribution in [3.05, 3.63) is 17.3 Å². The maximum Gasteiger partial charge on any atom is 0.255 e. The van der Waals surface area contributed by atoms with Crippen molar-refractivity contribution in [2.45, 2.75) is 32.9 Å². The minimum atomic E-state index is -2.47. The van der Waals surface area contributed by atoms with Gasteiger partial charge < -0.3 is 15.3 Å². The van der Waals surface area contributed by atoms with Crippen LogP contribution >= 0.6 is 11.3 Å². The molecule has 0 spiro atoms. The standard InChI is InChI=1S/C13H20F2N4OS/c1-9(2)16-7-10-12(17-13-19(10)4-6-21-13)18(3-5-20)8-11(14)15/h4,6,9,11,16,20H,3,5,7-8H2,1-2H3. The minimum Gasteiger partial charge on any atom is -0.395 e. The van der Waals surface area contributed by atoms with Crippen molar-refractivity contribution in [3.8, 4) is 0 Å². The minimum absolute atomic E-state index is 0.143. The van der Waals surface area contributed by atoms with Crippen molar-refractivity contribution in [3.63, 3.8) is 0 Å². The Balaban J connectivity index is 2.34. The molecule has 2 aromatic heterocycles. The third-order valence-corrected chi connectivity index (χ3v) is 3.80. The molecule has 21 heavy (non-hydrogen) atoms. The van der Waals surface area contributed by atoms with E-state index < -0.39 is 13.0 Å². The molecule has 0 unspecified atom stereocenters. The number of anilines is 1. The van der Waals surface area contributed by atoms with Crippen molar-refractivity contribution in [1.29, 1.82) is 0 Å². The van der Waals surface area contributed by atoms with Gasteiger partial charge in [0.25, 0.3) is 6.43 Å². The van der Waals surface area contributed by atoms with Crippen molar-refractivity contribution in [2.24, 2.45) is 0 Å². The number of alkyl halides is 2. The Hall–Kier alpha value is -1.25. The van der Waals surface area contributed by atoms with Crippen LogP contribution in [0.5, 0.6) is 0 Å². The maximum absolute atomic E-state index is 12.8. The smallest absolute Gasteiger partial charge is 0.255 e. The molecule has 0 radical (unpaired) electrons. The third kappa shape index (κ3) is 3.90. The molecule has 118 valence electrons. The van der Waals surface area contributed by atoms with Gasteiger partial charge in [-0.3, -0.25) is 4.40 Å². The van der Waals surface area contributed by atoms with Crippen LogP contribution in [0.2, 0.25) is 0 Å². The summed E-state index contributed by atoms with van der Waals surface area (Å²) in [5.74, 6) is 0.518. The lowest BCUT2D eigenvalue weighted by molar-refractivity contribution is 0.152. The third-order valence-electron chi connectivity index (χ3n) is 3.05. The second-order valence-electron chi connectivity index (χ2n) is 5.03. The quantitative estimate of drug-likeness (QED) is 0.781. The number of rotatable bonds is 8. The van der Waals surface area contributed by atoms with E-state index in [2.05, 4.69) is 10.3 Å². The second kappa shape index (κ2) is 7.15. The molecule has 2 rings (SSSR count). The monoisotopic (exact) mass is 318 g/mol. The van der Waals surface area contributed by atoms with Crippen molar-refractivity contribution < 1.29 is 13.9 Å². The molecule has 0 bridgehead atoms. The van der Waals surface area contributed by atoms with Crippen molar-refractivity contribution in [2.75, 3.05) is 24.6 Å². The van der Waals surface area contributed by atoms with Crippen molar-refractivity contribution >= 4 is 22.1 Å². The Morgan fingerprint density at radius 3 is 2.86 bits per heavy atom. The number of thiazole rings is 1. The van der Waals surface area contributed by atoms with Crippen LogP contribution in [0.15, 0.2) is 11.6 Å². The van der Waals surface area contributed by atoms with E-state index in [1.165, 1.54) is 16.2 Å². The summed E-state index contributed by atoms with van der Waals surface area (Å²) in [5, 5.41) is 14.3. The van der Waals surface area contributed by atoms with Gasteiger partial charge in [0.1, 0.15) is 0 Å². The van der Waals surface area contributed by atoms with Crippen LogP contribution in [0.25, 0.3) is 4.96 Å². The van der Waals surface area contributed by atoms with Crippen LogP contribution in [0.3, 0.4) is 0 Å². The zero-order chi connectivity index (χ0) is 15.4. The summed E-state index contributed by atoms with van der Waals surface area (Å²) in [6.07, 6.45) is -0.588.